The molecule has 4 rings (SSSR count). The van der Waals surface area contributed by atoms with Gasteiger partial charge in [0.1, 0.15) is 12.6 Å². The smallest absolute Gasteiger partial charge is 0.264 e. The maximum Gasteiger partial charge on any atom is 0.264 e. The van der Waals surface area contributed by atoms with Crippen molar-refractivity contribution in [2.75, 3.05) is 17.4 Å². The third kappa shape index (κ3) is 7.96. The van der Waals surface area contributed by atoms with E-state index in [1.54, 1.807) is 68.4 Å². The van der Waals surface area contributed by atoms with Crippen LogP contribution in [0.1, 0.15) is 23.6 Å². The van der Waals surface area contributed by atoms with Gasteiger partial charge in [0.2, 0.25) is 11.8 Å². The van der Waals surface area contributed by atoms with Crippen molar-refractivity contribution in [2.45, 2.75) is 37.8 Å². The maximum atomic E-state index is 14.4. The maximum absolute atomic E-state index is 14.4. The van der Waals surface area contributed by atoms with Crippen LogP contribution in [0.25, 0.3) is 0 Å². The lowest BCUT2D eigenvalue weighted by Crippen LogP contribution is -2.53. The fourth-order valence-electron chi connectivity index (χ4n) is 4.78. The molecule has 0 aliphatic rings. The lowest BCUT2D eigenvalue weighted by atomic mass is 10.0. The summed E-state index contributed by atoms with van der Waals surface area (Å²) in [4.78, 5) is 29.4. The zero-order valence-corrected chi connectivity index (χ0v) is 26.2. The molecule has 0 unspecified atom stereocenters. The molecule has 0 aliphatic carbocycles. The number of amides is 2. The number of carbonyl (C=O) groups is 2. The molecule has 4 aromatic carbocycles. The Hall–Kier alpha value is -3.85. The molecule has 10 heteroatoms. The molecule has 224 valence electrons. The number of anilines is 1. The van der Waals surface area contributed by atoms with Crippen molar-refractivity contribution in [3.8, 4) is 0 Å². The average molecular weight is 639 g/mol. The van der Waals surface area contributed by atoms with E-state index in [-0.39, 0.29) is 29.5 Å². The zero-order valence-electron chi connectivity index (χ0n) is 23.9. The summed E-state index contributed by atoms with van der Waals surface area (Å²) in [6, 6.07) is 28.3. The average Bonchev–Trinajstić information content (AvgIpc) is 3.00. The van der Waals surface area contributed by atoms with Crippen LogP contribution in [0.2, 0.25) is 10.0 Å². The number of carbonyl (C=O) groups excluding carboxylic acids is 2. The number of hydrogen-bond acceptors (Lipinski definition) is 4. The first-order valence-electron chi connectivity index (χ1n) is 13.8. The van der Waals surface area contributed by atoms with E-state index in [2.05, 4.69) is 5.32 Å². The van der Waals surface area contributed by atoms with E-state index in [0.29, 0.717) is 27.7 Å². The fraction of sp³-hybridized carbons (Fsp3) is 0.212. The van der Waals surface area contributed by atoms with E-state index in [0.717, 1.165) is 9.87 Å². The Bertz CT molecular complexity index is 1670. The molecule has 0 fully saturated rings. The Balaban J connectivity index is 1.82. The first-order valence-corrected chi connectivity index (χ1v) is 16.0. The van der Waals surface area contributed by atoms with Gasteiger partial charge >= 0.3 is 0 Å². The Morgan fingerprint density at radius 1 is 0.837 bits per heavy atom. The molecule has 0 aliphatic heterocycles. The Morgan fingerprint density at radius 2 is 1.47 bits per heavy atom. The van der Waals surface area contributed by atoms with Gasteiger partial charge < -0.3 is 10.2 Å². The Labute approximate surface area is 263 Å². The first-order chi connectivity index (χ1) is 20.6. The highest BCUT2D eigenvalue weighted by Gasteiger charge is 2.35. The largest absolute Gasteiger partial charge is 0.355 e. The standard InChI is InChI=1S/C33H33Cl2N3O4S/c1-3-36-33(40)31(21-25-12-6-4-7-13-25)37(22-26-14-10-15-27(34)20-26)32(39)23-38(30-19-11-18-29(35)24(30)2)43(41,42)28-16-8-5-9-17-28/h4-20,31H,3,21-23H2,1-2H3,(H,36,40)/t31-/m0/s1. The summed E-state index contributed by atoms with van der Waals surface area (Å²) in [5, 5.41) is 3.68. The molecule has 0 heterocycles. The number of halogens is 2. The summed E-state index contributed by atoms with van der Waals surface area (Å²) in [6.45, 7) is 3.33. The second-order valence-corrected chi connectivity index (χ2v) is 12.7. The van der Waals surface area contributed by atoms with E-state index in [9.17, 15) is 18.0 Å². The highest BCUT2D eigenvalue weighted by molar-refractivity contribution is 7.92. The van der Waals surface area contributed by atoms with Crippen LogP contribution in [0, 0.1) is 6.92 Å². The molecule has 0 aromatic heterocycles. The summed E-state index contributed by atoms with van der Waals surface area (Å²) in [5.74, 6) is -0.913. The van der Waals surface area contributed by atoms with Crippen molar-refractivity contribution >= 4 is 50.7 Å². The van der Waals surface area contributed by atoms with Crippen molar-refractivity contribution in [3.05, 3.63) is 130 Å². The zero-order chi connectivity index (χ0) is 31.0. The van der Waals surface area contributed by atoms with E-state index >= 15 is 0 Å². The van der Waals surface area contributed by atoms with Gasteiger partial charge in [-0.2, -0.15) is 0 Å². The number of benzene rings is 4. The molecular weight excluding hydrogens is 605 g/mol. The molecule has 7 nitrogen and oxygen atoms in total. The van der Waals surface area contributed by atoms with Crippen LogP contribution in [0.3, 0.4) is 0 Å². The van der Waals surface area contributed by atoms with Gasteiger partial charge in [0.15, 0.2) is 0 Å². The van der Waals surface area contributed by atoms with Crippen molar-refractivity contribution in [1.82, 2.24) is 10.2 Å². The van der Waals surface area contributed by atoms with Gasteiger partial charge in [-0.1, -0.05) is 89.9 Å². The van der Waals surface area contributed by atoms with Crippen LogP contribution >= 0.6 is 23.2 Å². The second-order valence-electron chi connectivity index (χ2n) is 9.96. The Kier molecular flexibility index (Phi) is 10.9. The highest BCUT2D eigenvalue weighted by atomic mass is 35.5. The van der Waals surface area contributed by atoms with Gasteiger partial charge in [-0.05, 0) is 66.9 Å². The minimum Gasteiger partial charge on any atom is -0.355 e. The molecule has 0 bridgehead atoms. The third-order valence-corrected chi connectivity index (χ3v) is 9.40. The molecule has 43 heavy (non-hydrogen) atoms. The summed E-state index contributed by atoms with van der Waals surface area (Å²) >= 11 is 12.7. The molecule has 1 atom stereocenters. The Morgan fingerprint density at radius 3 is 2.12 bits per heavy atom. The number of hydrogen-bond donors (Lipinski definition) is 1. The highest BCUT2D eigenvalue weighted by Crippen LogP contribution is 2.31. The lowest BCUT2D eigenvalue weighted by molar-refractivity contribution is -0.140. The second kappa shape index (κ2) is 14.6. The lowest BCUT2D eigenvalue weighted by Gasteiger charge is -2.34. The van der Waals surface area contributed by atoms with Gasteiger partial charge in [-0.25, -0.2) is 8.42 Å². The van der Waals surface area contributed by atoms with Gasteiger partial charge in [-0.15, -0.1) is 0 Å². The quantitative estimate of drug-likeness (QED) is 0.198. The van der Waals surface area contributed by atoms with Crippen LogP contribution < -0.4 is 9.62 Å². The van der Waals surface area contributed by atoms with Crippen LogP contribution in [0.4, 0.5) is 5.69 Å². The van der Waals surface area contributed by atoms with E-state index in [1.165, 1.54) is 17.0 Å². The van der Waals surface area contributed by atoms with Crippen LogP contribution in [0.15, 0.2) is 108 Å². The normalized spacial score (nSPS) is 11.9. The van der Waals surface area contributed by atoms with Crippen molar-refractivity contribution < 1.29 is 18.0 Å². The summed E-state index contributed by atoms with van der Waals surface area (Å²) < 4.78 is 29.2. The van der Waals surface area contributed by atoms with Gasteiger partial charge in [0.25, 0.3) is 10.0 Å². The van der Waals surface area contributed by atoms with Crippen LogP contribution in [-0.2, 0) is 32.6 Å². The summed E-state index contributed by atoms with van der Waals surface area (Å²) in [6.07, 6.45) is 0.223. The minimum absolute atomic E-state index is 0.0214. The van der Waals surface area contributed by atoms with Gasteiger partial charge in [-0.3, -0.25) is 13.9 Å². The predicted molar refractivity (Wildman–Crippen MR) is 172 cm³/mol. The minimum atomic E-state index is -4.21. The number of sulfonamides is 1. The van der Waals surface area contributed by atoms with Crippen molar-refractivity contribution in [1.29, 1.82) is 0 Å². The number of nitrogens with zero attached hydrogens (tertiary/aromatic N) is 2. The molecule has 0 spiro atoms. The molecule has 0 radical (unpaired) electrons. The first kappa shape index (κ1) is 32.1. The van der Waals surface area contributed by atoms with E-state index in [1.807, 2.05) is 36.4 Å². The SMILES string of the molecule is CCNC(=O)[C@H](Cc1ccccc1)N(Cc1cccc(Cl)c1)C(=O)CN(c1cccc(Cl)c1C)S(=O)(=O)c1ccccc1. The number of likely N-dealkylation sites (N-methyl/N-ethyl adjacent to an activating group) is 1. The molecule has 1 N–H and O–H groups in total. The number of nitrogens with one attached hydrogen (secondary N) is 1. The molecule has 2 amide bonds. The third-order valence-electron chi connectivity index (χ3n) is 6.98. The summed E-state index contributed by atoms with van der Waals surface area (Å²) in [5.41, 5.74) is 2.31. The van der Waals surface area contributed by atoms with Crippen LogP contribution in [-0.4, -0.2) is 44.3 Å². The van der Waals surface area contributed by atoms with E-state index in [4.69, 9.17) is 23.2 Å². The number of rotatable bonds is 12. The van der Waals surface area contributed by atoms with Gasteiger partial charge in [0, 0.05) is 29.6 Å². The predicted octanol–water partition coefficient (Wildman–Crippen LogP) is 6.27. The van der Waals surface area contributed by atoms with Gasteiger partial charge in [0.05, 0.1) is 10.6 Å². The van der Waals surface area contributed by atoms with E-state index < -0.39 is 28.5 Å². The van der Waals surface area contributed by atoms with Crippen molar-refractivity contribution in [2.24, 2.45) is 0 Å². The molecule has 4 aromatic rings. The fourth-order valence-corrected chi connectivity index (χ4v) is 6.65. The molecule has 0 saturated heterocycles. The van der Waals surface area contributed by atoms with Crippen LogP contribution in [0.5, 0.6) is 0 Å². The van der Waals surface area contributed by atoms with Crippen molar-refractivity contribution in [3.63, 3.8) is 0 Å². The topological polar surface area (TPSA) is 86.8 Å². The molecule has 0 saturated carbocycles. The molecular formula is C33H33Cl2N3O4S. The summed E-state index contributed by atoms with van der Waals surface area (Å²) in [7, 11) is -4.21. The monoisotopic (exact) mass is 637 g/mol.